The summed E-state index contributed by atoms with van der Waals surface area (Å²) >= 11 is 0. The molecule has 0 aliphatic carbocycles. The average Bonchev–Trinajstić information content (AvgIpc) is 2.59. The molecule has 2 N–H and O–H groups in total. The van der Waals surface area contributed by atoms with Crippen LogP contribution in [0.15, 0.2) is 4.52 Å². The monoisotopic (exact) mass is 199 g/mol. The average molecular weight is 199 g/mol. The van der Waals surface area contributed by atoms with Crippen LogP contribution in [-0.4, -0.2) is 22.8 Å². The molecule has 0 bridgehead atoms. The van der Waals surface area contributed by atoms with Crippen molar-refractivity contribution in [2.75, 3.05) is 6.54 Å². The minimum absolute atomic E-state index is 0.175. The molecule has 5 heteroatoms. The predicted molar refractivity (Wildman–Crippen MR) is 51.6 cm³/mol. The van der Waals surface area contributed by atoms with E-state index in [0.29, 0.717) is 24.9 Å². The van der Waals surface area contributed by atoms with E-state index in [9.17, 15) is 0 Å². The van der Waals surface area contributed by atoms with Crippen LogP contribution >= 0.6 is 0 Å². The molecular formula is C9H17N3O2. The molecule has 1 rings (SSSR count). The Bertz CT molecular complexity index is 260. The Morgan fingerprint density at radius 3 is 2.93 bits per heavy atom. The van der Waals surface area contributed by atoms with E-state index in [2.05, 4.69) is 10.1 Å². The van der Waals surface area contributed by atoms with Gasteiger partial charge in [0.2, 0.25) is 0 Å². The largest absolute Gasteiger partial charge is 0.369 e. The van der Waals surface area contributed by atoms with Gasteiger partial charge in [-0.3, -0.25) is 0 Å². The molecule has 14 heavy (non-hydrogen) atoms. The van der Waals surface area contributed by atoms with Gasteiger partial charge in [-0.1, -0.05) is 5.16 Å². The highest BCUT2D eigenvalue weighted by Gasteiger charge is 2.06. The van der Waals surface area contributed by atoms with Gasteiger partial charge >= 0.3 is 0 Å². The lowest BCUT2D eigenvalue weighted by Gasteiger charge is -2.02. The molecule has 0 aromatic carbocycles. The highest BCUT2D eigenvalue weighted by molar-refractivity contribution is 4.85. The second-order valence-corrected chi connectivity index (χ2v) is 3.36. The van der Waals surface area contributed by atoms with Gasteiger partial charge < -0.3 is 15.0 Å². The van der Waals surface area contributed by atoms with Crippen molar-refractivity contribution >= 4 is 0 Å². The second kappa shape index (κ2) is 5.72. The van der Waals surface area contributed by atoms with E-state index in [1.165, 1.54) is 0 Å². The summed E-state index contributed by atoms with van der Waals surface area (Å²) in [5.41, 5.74) is 5.37. The van der Waals surface area contributed by atoms with Crippen LogP contribution < -0.4 is 5.73 Å². The molecule has 0 aliphatic rings. The van der Waals surface area contributed by atoms with Crippen molar-refractivity contribution < 1.29 is 9.26 Å². The predicted octanol–water partition coefficient (Wildman–Crippen LogP) is 0.886. The van der Waals surface area contributed by atoms with Crippen molar-refractivity contribution in [1.82, 2.24) is 10.1 Å². The van der Waals surface area contributed by atoms with Crippen LogP contribution in [0, 0.1) is 0 Å². The van der Waals surface area contributed by atoms with Gasteiger partial charge in [-0.2, -0.15) is 4.98 Å². The molecule has 1 heterocycles. The van der Waals surface area contributed by atoms with E-state index in [1.807, 2.05) is 13.8 Å². The summed E-state index contributed by atoms with van der Waals surface area (Å²) in [5.74, 6) is 1.24. The molecule has 0 amide bonds. The standard InChI is InChI=1S/C9H17N3O2/c1-7(2)13-6-9-11-8(12-14-9)4-3-5-10/h7H,3-6,10H2,1-2H3. The normalized spacial score (nSPS) is 11.1. The lowest BCUT2D eigenvalue weighted by molar-refractivity contribution is 0.0485. The van der Waals surface area contributed by atoms with Crippen LogP contribution in [0.4, 0.5) is 0 Å². The van der Waals surface area contributed by atoms with Crippen LogP contribution in [-0.2, 0) is 17.8 Å². The Morgan fingerprint density at radius 1 is 1.50 bits per heavy atom. The van der Waals surface area contributed by atoms with Crippen molar-refractivity contribution in [2.45, 2.75) is 39.4 Å². The molecule has 0 fully saturated rings. The Hall–Kier alpha value is -0.940. The number of ether oxygens (including phenoxy) is 1. The summed E-state index contributed by atoms with van der Waals surface area (Å²) in [7, 11) is 0. The van der Waals surface area contributed by atoms with Gasteiger partial charge in [0.05, 0.1) is 6.10 Å². The number of rotatable bonds is 6. The maximum atomic E-state index is 5.37. The fourth-order valence-electron chi connectivity index (χ4n) is 0.948. The van der Waals surface area contributed by atoms with Crippen molar-refractivity contribution in [3.8, 4) is 0 Å². The molecule has 0 spiro atoms. The van der Waals surface area contributed by atoms with Crippen LogP contribution in [0.5, 0.6) is 0 Å². The highest BCUT2D eigenvalue weighted by atomic mass is 16.5. The molecule has 0 atom stereocenters. The smallest absolute Gasteiger partial charge is 0.252 e. The molecule has 1 aromatic rings. The molecule has 0 radical (unpaired) electrons. The fourth-order valence-corrected chi connectivity index (χ4v) is 0.948. The third kappa shape index (κ3) is 3.85. The zero-order valence-corrected chi connectivity index (χ0v) is 8.69. The van der Waals surface area contributed by atoms with Gasteiger partial charge in [0, 0.05) is 6.42 Å². The summed E-state index contributed by atoms with van der Waals surface area (Å²) in [5, 5.41) is 3.81. The first-order valence-corrected chi connectivity index (χ1v) is 4.85. The molecule has 5 nitrogen and oxygen atoms in total. The van der Waals surface area contributed by atoms with Crippen LogP contribution in [0.25, 0.3) is 0 Å². The topological polar surface area (TPSA) is 74.2 Å². The van der Waals surface area contributed by atoms with Gasteiger partial charge in [-0.15, -0.1) is 0 Å². The molecule has 0 aliphatic heterocycles. The number of aryl methyl sites for hydroxylation is 1. The summed E-state index contributed by atoms with van der Waals surface area (Å²) in [6.07, 6.45) is 1.82. The number of nitrogens with zero attached hydrogens (tertiary/aromatic N) is 2. The summed E-state index contributed by atoms with van der Waals surface area (Å²) < 4.78 is 10.3. The van der Waals surface area contributed by atoms with Crippen molar-refractivity contribution in [3.05, 3.63) is 11.7 Å². The van der Waals surface area contributed by atoms with E-state index in [4.69, 9.17) is 15.0 Å². The third-order valence-corrected chi connectivity index (χ3v) is 1.65. The van der Waals surface area contributed by atoms with Crippen LogP contribution in [0.2, 0.25) is 0 Å². The Morgan fingerprint density at radius 2 is 2.29 bits per heavy atom. The van der Waals surface area contributed by atoms with Crippen LogP contribution in [0.1, 0.15) is 32.0 Å². The number of aromatic nitrogens is 2. The van der Waals surface area contributed by atoms with E-state index in [1.54, 1.807) is 0 Å². The van der Waals surface area contributed by atoms with E-state index in [-0.39, 0.29) is 6.10 Å². The van der Waals surface area contributed by atoms with Crippen molar-refractivity contribution in [2.24, 2.45) is 5.73 Å². The summed E-state index contributed by atoms with van der Waals surface area (Å²) in [4.78, 5) is 4.16. The van der Waals surface area contributed by atoms with E-state index in [0.717, 1.165) is 12.8 Å². The van der Waals surface area contributed by atoms with Crippen LogP contribution in [0.3, 0.4) is 0 Å². The Kier molecular flexibility index (Phi) is 4.55. The van der Waals surface area contributed by atoms with Crippen molar-refractivity contribution in [3.63, 3.8) is 0 Å². The van der Waals surface area contributed by atoms with Gasteiger partial charge in [0.1, 0.15) is 6.61 Å². The van der Waals surface area contributed by atoms with Gasteiger partial charge in [-0.25, -0.2) is 0 Å². The van der Waals surface area contributed by atoms with Crippen molar-refractivity contribution in [1.29, 1.82) is 0 Å². The lowest BCUT2D eigenvalue weighted by atomic mass is 10.3. The first-order valence-electron chi connectivity index (χ1n) is 4.85. The first kappa shape index (κ1) is 11.1. The lowest BCUT2D eigenvalue weighted by Crippen LogP contribution is -2.03. The van der Waals surface area contributed by atoms with Gasteiger partial charge in [0.25, 0.3) is 5.89 Å². The molecule has 80 valence electrons. The summed E-state index contributed by atoms with van der Waals surface area (Å²) in [6.45, 7) is 4.96. The molecule has 0 unspecified atom stereocenters. The highest BCUT2D eigenvalue weighted by Crippen LogP contribution is 2.03. The SMILES string of the molecule is CC(C)OCc1nc(CCCN)no1. The minimum Gasteiger partial charge on any atom is -0.369 e. The Balaban J connectivity index is 2.35. The zero-order valence-electron chi connectivity index (χ0n) is 8.69. The molecule has 0 saturated carbocycles. The maximum Gasteiger partial charge on any atom is 0.252 e. The van der Waals surface area contributed by atoms with E-state index >= 15 is 0 Å². The first-order chi connectivity index (χ1) is 6.72. The van der Waals surface area contributed by atoms with Gasteiger partial charge in [0.15, 0.2) is 5.82 Å². The number of hydrogen-bond donors (Lipinski definition) is 1. The van der Waals surface area contributed by atoms with E-state index < -0.39 is 0 Å². The summed E-state index contributed by atoms with van der Waals surface area (Å²) in [6, 6.07) is 0. The number of hydrogen-bond acceptors (Lipinski definition) is 5. The third-order valence-electron chi connectivity index (χ3n) is 1.65. The molecule has 0 saturated heterocycles. The Labute approximate surface area is 83.6 Å². The quantitative estimate of drug-likeness (QED) is 0.736. The maximum absolute atomic E-state index is 5.37. The second-order valence-electron chi connectivity index (χ2n) is 3.36. The number of nitrogens with two attached hydrogens (primary N) is 1. The fraction of sp³-hybridized carbons (Fsp3) is 0.778. The zero-order chi connectivity index (χ0) is 10.4. The molecule has 1 aromatic heterocycles. The van der Waals surface area contributed by atoms with Gasteiger partial charge in [-0.05, 0) is 26.8 Å². The minimum atomic E-state index is 0.175. The molecular weight excluding hydrogens is 182 g/mol.